The van der Waals surface area contributed by atoms with Gasteiger partial charge in [-0.15, -0.1) is 12.4 Å². The standard InChI is InChI=1S/C20H25N3O3.ClH/c1-3-26-18-11-9-17(10-12-18)23-20(25)15-5-7-16(8-6-15)22-19(24)13-4-14(2)21;/h5-12,14H,3-4,13,21H2,1-2H3,(H,22,24)(H,23,25);1H. The summed E-state index contributed by atoms with van der Waals surface area (Å²) in [6, 6.07) is 13.9. The molecular weight excluding hydrogens is 366 g/mol. The Hall–Kier alpha value is -2.57. The summed E-state index contributed by atoms with van der Waals surface area (Å²) >= 11 is 0. The summed E-state index contributed by atoms with van der Waals surface area (Å²) in [6.45, 7) is 4.38. The van der Waals surface area contributed by atoms with Crippen LogP contribution in [0.1, 0.15) is 37.0 Å². The van der Waals surface area contributed by atoms with E-state index in [0.29, 0.717) is 36.4 Å². The molecule has 1 unspecified atom stereocenters. The number of nitrogens with one attached hydrogen (secondary N) is 2. The number of benzene rings is 2. The molecule has 4 N–H and O–H groups in total. The van der Waals surface area contributed by atoms with Crippen LogP contribution in [0.4, 0.5) is 11.4 Å². The fourth-order valence-corrected chi connectivity index (χ4v) is 2.29. The molecule has 0 spiro atoms. The zero-order valence-corrected chi connectivity index (χ0v) is 16.3. The molecule has 0 aliphatic carbocycles. The van der Waals surface area contributed by atoms with Gasteiger partial charge in [-0.1, -0.05) is 0 Å². The van der Waals surface area contributed by atoms with E-state index in [4.69, 9.17) is 10.5 Å². The van der Waals surface area contributed by atoms with E-state index in [2.05, 4.69) is 10.6 Å². The van der Waals surface area contributed by atoms with Gasteiger partial charge >= 0.3 is 0 Å². The van der Waals surface area contributed by atoms with Crippen LogP contribution in [0.25, 0.3) is 0 Å². The van der Waals surface area contributed by atoms with Gasteiger partial charge in [-0.2, -0.15) is 0 Å². The number of hydrogen-bond acceptors (Lipinski definition) is 4. The third-order valence-corrected chi connectivity index (χ3v) is 3.68. The predicted molar refractivity (Wildman–Crippen MR) is 111 cm³/mol. The van der Waals surface area contributed by atoms with Crippen molar-refractivity contribution in [3.63, 3.8) is 0 Å². The van der Waals surface area contributed by atoms with Crippen molar-refractivity contribution in [3.05, 3.63) is 54.1 Å². The molecule has 2 aromatic carbocycles. The van der Waals surface area contributed by atoms with Crippen molar-refractivity contribution in [2.24, 2.45) is 5.73 Å². The number of halogens is 1. The van der Waals surface area contributed by atoms with Crippen LogP contribution < -0.4 is 21.1 Å². The molecule has 0 bridgehead atoms. The second kappa shape index (κ2) is 11.2. The molecular formula is C20H26ClN3O3. The first-order chi connectivity index (χ1) is 12.5. The van der Waals surface area contributed by atoms with Crippen molar-refractivity contribution < 1.29 is 14.3 Å². The maximum absolute atomic E-state index is 12.3. The fourth-order valence-electron chi connectivity index (χ4n) is 2.29. The van der Waals surface area contributed by atoms with Gasteiger partial charge in [0.25, 0.3) is 5.91 Å². The average molecular weight is 392 g/mol. The highest BCUT2D eigenvalue weighted by Gasteiger charge is 2.08. The quantitative estimate of drug-likeness (QED) is 0.637. The minimum Gasteiger partial charge on any atom is -0.494 e. The van der Waals surface area contributed by atoms with Gasteiger partial charge in [0.1, 0.15) is 5.75 Å². The van der Waals surface area contributed by atoms with E-state index in [1.54, 1.807) is 48.5 Å². The van der Waals surface area contributed by atoms with E-state index < -0.39 is 0 Å². The fraction of sp³-hybridized carbons (Fsp3) is 0.300. The van der Waals surface area contributed by atoms with Crippen LogP contribution >= 0.6 is 12.4 Å². The summed E-state index contributed by atoms with van der Waals surface area (Å²) in [6.07, 6.45) is 1.01. The zero-order chi connectivity index (χ0) is 18.9. The first-order valence-corrected chi connectivity index (χ1v) is 8.67. The number of rotatable bonds is 8. The number of carbonyl (C=O) groups excluding carboxylic acids is 2. The minimum absolute atomic E-state index is 0. The Labute approximate surface area is 165 Å². The van der Waals surface area contributed by atoms with Crippen molar-refractivity contribution in [1.29, 1.82) is 0 Å². The summed E-state index contributed by atoms with van der Waals surface area (Å²) in [4.78, 5) is 24.1. The van der Waals surface area contributed by atoms with Crippen LogP contribution in [0, 0.1) is 0 Å². The van der Waals surface area contributed by atoms with Gasteiger partial charge in [0.2, 0.25) is 5.91 Å². The van der Waals surface area contributed by atoms with Gasteiger partial charge in [0.05, 0.1) is 6.61 Å². The second-order valence-electron chi connectivity index (χ2n) is 6.05. The van der Waals surface area contributed by atoms with E-state index in [-0.39, 0.29) is 30.3 Å². The smallest absolute Gasteiger partial charge is 0.255 e. The Kier molecular flexibility index (Phi) is 9.33. The molecule has 7 heteroatoms. The van der Waals surface area contributed by atoms with E-state index in [1.165, 1.54) is 0 Å². The number of hydrogen-bond donors (Lipinski definition) is 3. The SMILES string of the molecule is CCOc1ccc(NC(=O)c2ccc(NC(=O)CCC(C)N)cc2)cc1.Cl. The van der Waals surface area contributed by atoms with Gasteiger partial charge in [0.15, 0.2) is 0 Å². The lowest BCUT2D eigenvalue weighted by molar-refractivity contribution is -0.116. The van der Waals surface area contributed by atoms with Crippen LogP contribution in [0.5, 0.6) is 5.75 Å². The van der Waals surface area contributed by atoms with Crippen LogP contribution in [0.15, 0.2) is 48.5 Å². The molecule has 0 fully saturated rings. The van der Waals surface area contributed by atoms with E-state index in [1.807, 2.05) is 13.8 Å². The van der Waals surface area contributed by atoms with Crippen molar-refractivity contribution in [1.82, 2.24) is 0 Å². The Morgan fingerprint density at radius 1 is 1.00 bits per heavy atom. The lowest BCUT2D eigenvalue weighted by Gasteiger charge is -2.09. The van der Waals surface area contributed by atoms with E-state index in [9.17, 15) is 9.59 Å². The minimum atomic E-state index is -0.219. The third kappa shape index (κ3) is 7.68. The maximum atomic E-state index is 12.3. The molecule has 0 aliphatic rings. The van der Waals surface area contributed by atoms with Gasteiger partial charge in [-0.25, -0.2) is 0 Å². The molecule has 0 saturated carbocycles. The molecule has 6 nitrogen and oxygen atoms in total. The van der Waals surface area contributed by atoms with Gasteiger partial charge in [-0.3, -0.25) is 9.59 Å². The van der Waals surface area contributed by atoms with E-state index in [0.717, 1.165) is 5.75 Å². The predicted octanol–water partition coefficient (Wildman–Crippen LogP) is 3.83. The second-order valence-corrected chi connectivity index (χ2v) is 6.05. The highest BCUT2D eigenvalue weighted by Crippen LogP contribution is 2.17. The lowest BCUT2D eigenvalue weighted by Crippen LogP contribution is -2.19. The van der Waals surface area contributed by atoms with Crippen LogP contribution in [0.2, 0.25) is 0 Å². The maximum Gasteiger partial charge on any atom is 0.255 e. The monoisotopic (exact) mass is 391 g/mol. The summed E-state index contributed by atoms with van der Waals surface area (Å²) < 4.78 is 5.37. The normalized spacial score (nSPS) is 11.1. The third-order valence-electron chi connectivity index (χ3n) is 3.68. The Bertz CT molecular complexity index is 731. The van der Waals surface area contributed by atoms with Gasteiger partial charge < -0.3 is 21.1 Å². The largest absolute Gasteiger partial charge is 0.494 e. The van der Waals surface area contributed by atoms with Crippen LogP contribution in [-0.4, -0.2) is 24.5 Å². The molecule has 27 heavy (non-hydrogen) atoms. The highest BCUT2D eigenvalue weighted by atomic mass is 35.5. The number of amides is 2. The lowest BCUT2D eigenvalue weighted by atomic mass is 10.1. The first-order valence-electron chi connectivity index (χ1n) is 8.67. The number of ether oxygens (including phenoxy) is 1. The zero-order valence-electron chi connectivity index (χ0n) is 15.5. The molecule has 0 saturated heterocycles. The summed E-state index contributed by atoms with van der Waals surface area (Å²) in [7, 11) is 0. The Morgan fingerprint density at radius 2 is 1.56 bits per heavy atom. The summed E-state index contributed by atoms with van der Waals surface area (Å²) in [5, 5.41) is 5.62. The molecule has 0 radical (unpaired) electrons. The molecule has 2 rings (SSSR count). The number of anilines is 2. The topological polar surface area (TPSA) is 93.5 Å². The molecule has 1 atom stereocenters. The molecule has 0 aliphatic heterocycles. The molecule has 2 aromatic rings. The highest BCUT2D eigenvalue weighted by molar-refractivity contribution is 6.04. The van der Waals surface area contributed by atoms with Gasteiger partial charge in [-0.05, 0) is 68.8 Å². The average Bonchev–Trinajstić information content (AvgIpc) is 2.62. The van der Waals surface area contributed by atoms with Crippen molar-refractivity contribution in [3.8, 4) is 5.75 Å². The van der Waals surface area contributed by atoms with Crippen LogP contribution in [0.3, 0.4) is 0 Å². The Balaban J connectivity index is 0.00000364. The number of nitrogens with two attached hydrogens (primary N) is 1. The first kappa shape index (κ1) is 22.5. The summed E-state index contributed by atoms with van der Waals surface area (Å²) in [5.41, 5.74) is 7.49. The molecule has 146 valence electrons. The van der Waals surface area contributed by atoms with Crippen molar-refractivity contribution >= 4 is 35.6 Å². The van der Waals surface area contributed by atoms with Crippen LogP contribution in [-0.2, 0) is 4.79 Å². The summed E-state index contributed by atoms with van der Waals surface area (Å²) in [5.74, 6) is 0.451. The van der Waals surface area contributed by atoms with Crippen molar-refractivity contribution in [2.75, 3.05) is 17.2 Å². The Morgan fingerprint density at radius 3 is 2.11 bits per heavy atom. The van der Waals surface area contributed by atoms with Gasteiger partial charge in [0, 0.05) is 29.4 Å². The van der Waals surface area contributed by atoms with Crippen molar-refractivity contribution in [2.45, 2.75) is 32.7 Å². The van der Waals surface area contributed by atoms with E-state index >= 15 is 0 Å². The molecule has 0 heterocycles. The number of carbonyl (C=O) groups is 2. The molecule has 0 aromatic heterocycles. The molecule has 2 amide bonds.